The van der Waals surface area contributed by atoms with Gasteiger partial charge in [0.1, 0.15) is 0 Å². The molecule has 1 saturated carbocycles. The molecule has 14 heavy (non-hydrogen) atoms. The van der Waals surface area contributed by atoms with Crippen molar-refractivity contribution in [3.8, 4) is 0 Å². The van der Waals surface area contributed by atoms with E-state index in [9.17, 15) is 4.79 Å². The number of carbonyl (C=O) groups is 1. The molecule has 1 aliphatic carbocycles. The molecule has 0 aromatic heterocycles. The summed E-state index contributed by atoms with van der Waals surface area (Å²) in [6, 6.07) is 0.217. The van der Waals surface area contributed by atoms with Gasteiger partial charge in [0, 0.05) is 18.6 Å². The monoisotopic (exact) mass is 217 g/mol. The third-order valence-corrected chi connectivity index (χ3v) is 3.39. The van der Waals surface area contributed by atoms with Crippen LogP contribution in [0.25, 0.3) is 0 Å². The van der Waals surface area contributed by atoms with Crippen molar-refractivity contribution < 1.29 is 9.53 Å². The van der Waals surface area contributed by atoms with Crippen molar-refractivity contribution in [3.05, 3.63) is 0 Å². The Morgan fingerprint density at radius 3 is 2.57 bits per heavy atom. The van der Waals surface area contributed by atoms with Gasteiger partial charge in [-0.25, -0.2) is 0 Å². The normalized spacial score (nSPS) is 31.8. The number of rotatable bonds is 3. The van der Waals surface area contributed by atoms with Crippen molar-refractivity contribution in [2.45, 2.75) is 44.6 Å². The highest BCUT2D eigenvalue weighted by atomic mass is 32.1. The Morgan fingerprint density at radius 2 is 2.21 bits per heavy atom. The van der Waals surface area contributed by atoms with E-state index in [1.807, 2.05) is 0 Å². The van der Waals surface area contributed by atoms with Gasteiger partial charge in [0.05, 0.1) is 11.4 Å². The van der Waals surface area contributed by atoms with E-state index in [2.05, 4.69) is 31.8 Å². The summed E-state index contributed by atoms with van der Waals surface area (Å²) in [5.74, 6) is 0.000890. The van der Waals surface area contributed by atoms with Gasteiger partial charge in [-0.05, 0) is 13.3 Å². The minimum Gasteiger partial charge on any atom is -0.381 e. The summed E-state index contributed by atoms with van der Waals surface area (Å²) in [5.41, 5.74) is 0.0348. The summed E-state index contributed by atoms with van der Waals surface area (Å²) in [6.45, 7) is 6.00. The van der Waals surface area contributed by atoms with E-state index in [1.54, 1.807) is 14.0 Å². The highest BCUT2D eigenvalue weighted by molar-refractivity contribution is 7.81. The number of thiol groups is 1. The molecule has 3 nitrogen and oxygen atoms in total. The summed E-state index contributed by atoms with van der Waals surface area (Å²) >= 11 is 4.09. The first kappa shape index (κ1) is 11.9. The average molecular weight is 217 g/mol. The molecule has 0 bridgehead atoms. The molecule has 82 valence electrons. The molecule has 3 atom stereocenters. The molecule has 0 spiro atoms. The fraction of sp³-hybridized carbons (Fsp3) is 0.900. The Labute approximate surface area is 91.0 Å². The molecule has 0 aliphatic heterocycles. The summed E-state index contributed by atoms with van der Waals surface area (Å²) in [4.78, 5) is 11.4. The molecule has 1 N–H and O–H groups in total. The summed E-state index contributed by atoms with van der Waals surface area (Å²) in [7, 11) is 1.71. The Kier molecular flexibility index (Phi) is 3.48. The van der Waals surface area contributed by atoms with Crippen molar-refractivity contribution in [1.82, 2.24) is 5.32 Å². The number of nitrogens with one attached hydrogen (secondary N) is 1. The van der Waals surface area contributed by atoms with Crippen LogP contribution in [0.3, 0.4) is 0 Å². The van der Waals surface area contributed by atoms with Gasteiger partial charge in [0.25, 0.3) is 0 Å². The number of ether oxygens (including phenoxy) is 1. The van der Waals surface area contributed by atoms with Crippen LogP contribution in [0.1, 0.15) is 27.2 Å². The van der Waals surface area contributed by atoms with Crippen molar-refractivity contribution >= 4 is 18.5 Å². The highest BCUT2D eigenvalue weighted by Crippen LogP contribution is 2.42. The van der Waals surface area contributed by atoms with Gasteiger partial charge >= 0.3 is 0 Å². The molecule has 0 saturated heterocycles. The lowest BCUT2D eigenvalue weighted by molar-refractivity contribution is -0.131. The summed E-state index contributed by atoms with van der Waals surface area (Å²) in [5, 5.41) is 2.73. The van der Waals surface area contributed by atoms with E-state index in [0.29, 0.717) is 0 Å². The molecule has 1 amide bonds. The Bertz CT molecular complexity index is 228. The lowest BCUT2D eigenvalue weighted by atomic mass is 9.64. The van der Waals surface area contributed by atoms with Gasteiger partial charge in [-0.15, -0.1) is 0 Å². The number of carbonyl (C=O) groups excluding carboxylic acids is 1. The van der Waals surface area contributed by atoms with E-state index in [4.69, 9.17) is 4.74 Å². The predicted molar refractivity (Wildman–Crippen MR) is 59.6 cm³/mol. The van der Waals surface area contributed by atoms with Gasteiger partial charge in [-0.2, -0.15) is 12.6 Å². The molecule has 0 aromatic rings. The SMILES string of the molecule is COC1CC(NC(=O)C(C)S)C1(C)C. The van der Waals surface area contributed by atoms with Gasteiger partial charge < -0.3 is 10.1 Å². The maximum absolute atomic E-state index is 11.4. The van der Waals surface area contributed by atoms with Crippen LogP contribution in [0.15, 0.2) is 0 Å². The highest BCUT2D eigenvalue weighted by Gasteiger charge is 2.49. The molecule has 0 aromatic carbocycles. The maximum atomic E-state index is 11.4. The average Bonchev–Trinajstić information content (AvgIpc) is 2.10. The van der Waals surface area contributed by atoms with Crippen molar-refractivity contribution in [2.75, 3.05) is 7.11 Å². The van der Waals surface area contributed by atoms with Crippen LogP contribution in [-0.2, 0) is 9.53 Å². The summed E-state index contributed by atoms with van der Waals surface area (Å²) < 4.78 is 5.30. The number of hydrogen-bond donors (Lipinski definition) is 2. The standard InChI is InChI=1S/C10H19NO2S/c1-6(14)9(12)11-7-5-8(13-4)10(7,2)3/h6-8,14H,5H2,1-4H3,(H,11,12). The molecular formula is C10H19NO2S. The Balaban J connectivity index is 2.47. The van der Waals surface area contributed by atoms with Crippen LogP contribution in [0, 0.1) is 5.41 Å². The number of hydrogen-bond acceptors (Lipinski definition) is 3. The second-order valence-corrected chi connectivity index (χ2v) is 5.29. The Hall–Kier alpha value is -0.220. The van der Waals surface area contributed by atoms with Crippen LogP contribution in [0.5, 0.6) is 0 Å². The Morgan fingerprint density at radius 1 is 1.64 bits per heavy atom. The molecule has 1 fully saturated rings. The molecule has 0 heterocycles. The molecular weight excluding hydrogens is 198 g/mol. The second kappa shape index (κ2) is 4.11. The van der Waals surface area contributed by atoms with E-state index in [1.165, 1.54) is 0 Å². The van der Waals surface area contributed by atoms with Crippen LogP contribution in [0.2, 0.25) is 0 Å². The largest absolute Gasteiger partial charge is 0.381 e. The van der Waals surface area contributed by atoms with E-state index >= 15 is 0 Å². The van der Waals surface area contributed by atoms with Gasteiger partial charge in [-0.1, -0.05) is 13.8 Å². The number of methoxy groups -OCH3 is 1. The molecule has 1 rings (SSSR count). The van der Waals surface area contributed by atoms with Crippen LogP contribution in [0.4, 0.5) is 0 Å². The van der Waals surface area contributed by atoms with Gasteiger partial charge in [0.2, 0.25) is 5.91 Å². The molecule has 3 unspecified atom stereocenters. The van der Waals surface area contributed by atoms with E-state index in [0.717, 1.165) is 6.42 Å². The topological polar surface area (TPSA) is 38.3 Å². The smallest absolute Gasteiger partial charge is 0.232 e. The maximum Gasteiger partial charge on any atom is 0.232 e. The first-order chi connectivity index (χ1) is 6.39. The first-order valence-electron chi connectivity index (χ1n) is 4.90. The van der Waals surface area contributed by atoms with Gasteiger partial charge in [-0.3, -0.25) is 4.79 Å². The first-order valence-corrected chi connectivity index (χ1v) is 5.42. The second-order valence-electron chi connectivity index (χ2n) is 4.52. The minimum absolute atomic E-state index is 0.000890. The third-order valence-electron chi connectivity index (χ3n) is 3.16. The molecule has 1 aliphatic rings. The van der Waals surface area contributed by atoms with Crippen LogP contribution >= 0.6 is 12.6 Å². The zero-order chi connectivity index (χ0) is 10.9. The molecule has 4 heteroatoms. The fourth-order valence-corrected chi connectivity index (χ4v) is 1.90. The lowest BCUT2D eigenvalue weighted by Gasteiger charge is -2.51. The zero-order valence-electron chi connectivity index (χ0n) is 9.20. The van der Waals surface area contributed by atoms with Crippen LogP contribution in [-0.4, -0.2) is 30.4 Å². The van der Waals surface area contributed by atoms with Crippen LogP contribution < -0.4 is 5.32 Å². The summed E-state index contributed by atoms with van der Waals surface area (Å²) in [6.07, 6.45) is 1.15. The quantitative estimate of drug-likeness (QED) is 0.698. The number of amides is 1. The molecule has 0 radical (unpaired) electrons. The van der Waals surface area contributed by atoms with E-state index in [-0.39, 0.29) is 28.7 Å². The minimum atomic E-state index is -0.243. The third kappa shape index (κ3) is 2.06. The van der Waals surface area contributed by atoms with E-state index < -0.39 is 0 Å². The van der Waals surface area contributed by atoms with Gasteiger partial charge in [0.15, 0.2) is 0 Å². The fourth-order valence-electron chi connectivity index (χ4n) is 1.82. The lowest BCUT2D eigenvalue weighted by Crippen LogP contribution is -2.62. The zero-order valence-corrected chi connectivity index (χ0v) is 10.1. The van der Waals surface area contributed by atoms with Crippen molar-refractivity contribution in [2.24, 2.45) is 5.41 Å². The predicted octanol–water partition coefficient (Wildman–Crippen LogP) is 1.23. The van der Waals surface area contributed by atoms with Crippen molar-refractivity contribution in [3.63, 3.8) is 0 Å². The van der Waals surface area contributed by atoms with Crippen molar-refractivity contribution in [1.29, 1.82) is 0 Å².